The van der Waals surface area contributed by atoms with Crippen molar-refractivity contribution < 1.29 is 14.6 Å². The van der Waals surface area contributed by atoms with Crippen molar-refractivity contribution in [2.24, 2.45) is 0 Å². The Bertz CT molecular complexity index is 309. The van der Waals surface area contributed by atoms with Gasteiger partial charge in [0.15, 0.2) is 0 Å². The molecule has 0 amide bonds. The molecule has 0 aliphatic heterocycles. The van der Waals surface area contributed by atoms with E-state index in [4.69, 9.17) is 4.74 Å². The van der Waals surface area contributed by atoms with Gasteiger partial charge in [-0.3, -0.25) is 20.2 Å². The molecule has 0 aromatic rings. The molecule has 0 aromatic heterocycles. The first kappa shape index (κ1) is 17.8. The van der Waals surface area contributed by atoms with Crippen molar-refractivity contribution in [2.75, 3.05) is 0 Å². The van der Waals surface area contributed by atoms with E-state index >= 15 is 0 Å². The van der Waals surface area contributed by atoms with Crippen LogP contribution in [0.2, 0.25) is 0 Å². The fourth-order valence-corrected chi connectivity index (χ4v) is 2.60. The SMILES string of the molecule is CCC([N+](=O)[O-])C(C)(C)OC(C)(C)C(CC)[N+](=O)[O-]. The van der Waals surface area contributed by atoms with Gasteiger partial charge in [-0.1, -0.05) is 13.8 Å². The molecule has 0 heterocycles. The summed E-state index contributed by atoms with van der Waals surface area (Å²) in [5.74, 6) is 0. The van der Waals surface area contributed by atoms with E-state index in [0.29, 0.717) is 12.8 Å². The van der Waals surface area contributed by atoms with Gasteiger partial charge in [0.1, 0.15) is 11.2 Å². The Morgan fingerprint density at radius 1 is 0.895 bits per heavy atom. The normalized spacial score (nSPS) is 15.9. The van der Waals surface area contributed by atoms with Crippen LogP contribution in [0.4, 0.5) is 0 Å². The zero-order chi connectivity index (χ0) is 15.4. The second kappa shape index (κ2) is 6.27. The van der Waals surface area contributed by atoms with Gasteiger partial charge in [0.2, 0.25) is 12.1 Å². The van der Waals surface area contributed by atoms with Gasteiger partial charge in [-0.25, -0.2) is 0 Å². The number of hydrogen-bond donors (Lipinski definition) is 0. The summed E-state index contributed by atoms with van der Waals surface area (Å²) in [5, 5.41) is 22.1. The van der Waals surface area contributed by atoms with Crippen LogP contribution in [0.5, 0.6) is 0 Å². The summed E-state index contributed by atoms with van der Waals surface area (Å²) in [7, 11) is 0. The second-order valence-electron chi connectivity index (χ2n) is 5.73. The van der Waals surface area contributed by atoms with E-state index in [1.807, 2.05) is 0 Å². The third-order valence-electron chi connectivity index (χ3n) is 3.41. The van der Waals surface area contributed by atoms with Gasteiger partial charge in [0.05, 0.1) is 0 Å². The Kier molecular flexibility index (Phi) is 5.86. The molecule has 2 atom stereocenters. The third kappa shape index (κ3) is 4.41. The van der Waals surface area contributed by atoms with E-state index in [1.54, 1.807) is 41.5 Å². The lowest BCUT2D eigenvalue weighted by Crippen LogP contribution is -2.54. The fraction of sp³-hybridized carbons (Fsp3) is 1.00. The van der Waals surface area contributed by atoms with Crippen molar-refractivity contribution in [1.29, 1.82) is 0 Å². The third-order valence-corrected chi connectivity index (χ3v) is 3.41. The molecule has 112 valence electrons. The molecule has 0 aromatic carbocycles. The van der Waals surface area contributed by atoms with Crippen LogP contribution < -0.4 is 0 Å². The van der Waals surface area contributed by atoms with Crippen LogP contribution in [0.3, 0.4) is 0 Å². The monoisotopic (exact) mass is 276 g/mol. The summed E-state index contributed by atoms with van der Waals surface area (Å²) >= 11 is 0. The van der Waals surface area contributed by atoms with Crippen LogP contribution in [0.25, 0.3) is 0 Å². The summed E-state index contributed by atoms with van der Waals surface area (Å²) in [6.07, 6.45) is 0.622. The van der Waals surface area contributed by atoms with E-state index in [1.165, 1.54) is 0 Å². The van der Waals surface area contributed by atoms with Crippen molar-refractivity contribution >= 4 is 0 Å². The summed E-state index contributed by atoms with van der Waals surface area (Å²) in [6, 6.07) is -1.79. The molecule has 7 heteroatoms. The molecule has 7 nitrogen and oxygen atoms in total. The van der Waals surface area contributed by atoms with E-state index < -0.39 is 23.3 Å². The highest BCUT2D eigenvalue weighted by Gasteiger charge is 2.48. The molecule has 0 aliphatic carbocycles. The van der Waals surface area contributed by atoms with Crippen LogP contribution >= 0.6 is 0 Å². The Morgan fingerprint density at radius 3 is 1.32 bits per heavy atom. The lowest BCUT2D eigenvalue weighted by Gasteiger charge is -2.37. The molecule has 2 unspecified atom stereocenters. The maximum absolute atomic E-state index is 11.0. The highest BCUT2D eigenvalue weighted by molar-refractivity contribution is 4.87. The molecule has 19 heavy (non-hydrogen) atoms. The summed E-state index contributed by atoms with van der Waals surface area (Å²) in [6.45, 7) is 9.85. The average molecular weight is 276 g/mol. The van der Waals surface area contributed by atoms with Crippen molar-refractivity contribution in [2.45, 2.75) is 77.7 Å². The van der Waals surface area contributed by atoms with Crippen molar-refractivity contribution in [1.82, 2.24) is 0 Å². The van der Waals surface area contributed by atoms with E-state index in [2.05, 4.69) is 0 Å². The van der Waals surface area contributed by atoms with Crippen LogP contribution in [0.15, 0.2) is 0 Å². The lowest BCUT2D eigenvalue weighted by atomic mass is 9.91. The fourth-order valence-electron chi connectivity index (χ4n) is 2.60. The first-order chi connectivity index (χ1) is 8.49. The minimum absolute atomic E-state index is 0.311. The molecular weight excluding hydrogens is 252 g/mol. The van der Waals surface area contributed by atoms with Crippen LogP contribution in [0, 0.1) is 20.2 Å². The smallest absolute Gasteiger partial charge is 0.240 e. The predicted octanol–water partition coefficient (Wildman–Crippen LogP) is 2.67. The maximum atomic E-state index is 11.0. The van der Waals surface area contributed by atoms with Gasteiger partial charge in [0, 0.05) is 22.7 Å². The maximum Gasteiger partial charge on any atom is 0.240 e. The summed E-state index contributed by atoms with van der Waals surface area (Å²) < 4.78 is 5.77. The van der Waals surface area contributed by atoms with Gasteiger partial charge < -0.3 is 4.74 Å². The Labute approximate surface area is 113 Å². The minimum Gasteiger partial charge on any atom is -0.355 e. The van der Waals surface area contributed by atoms with Crippen molar-refractivity contribution in [3.63, 3.8) is 0 Å². The standard InChI is InChI=1S/C12H24N2O5/c1-7-9(13(15)16)11(3,4)19-12(5,6)10(8-2)14(17)18/h9-10H,7-8H2,1-6H3. The molecule has 0 rings (SSSR count). The number of ether oxygens (including phenoxy) is 1. The van der Waals surface area contributed by atoms with Crippen LogP contribution in [-0.4, -0.2) is 33.1 Å². The van der Waals surface area contributed by atoms with Crippen LogP contribution in [-0.2, 0) is 4.74 Å². The zero-order valence-electron chi connectivity index (χ0n) is 12.5. The Balaban J connectivity index is 5.17. The van der Waals surface area contributed by atoms with E-state index in [9.17, 15) is 20.2 Å². The molecule has 0 N–H and O–H groups in total. The predicted molar refractivity (Wildman–Crippen MR) is 71.4 cm³/mol. The first-order valence-electron chi connectivity index (χ1n) is 6.46. The second-order valence-corrected chi connectivity index (χ2v) is 5.73. The zero-order valence-corrected chi connectivity index (χ0v) is 12.5. The Morgan fingerprint density at radius 2 is 1.16 bits per heavy atom. The van der Waals surface area contributed by atoms with Crippen LogP contribution in [0.1, 0.15) is 54.4 Å². The van der Waals surface area contributed by atoms with Gasteiger partial charge in [-0.2, -0.15) is 0 Å². The molecular formula is C12H24N2O5. The van der Waals surface area contributed by atoms with Gasteiger partial charge in [-0.15, -0.1) is 0 Å². The largest absolute Gasteiger partial charge is 0.355 e. The number of hydrogen-bond acceptors (Lipinski definition) is 5. The van der Waals surface area contributed by atoms with Gasteiger partial charge in [-0.05, 0) is 27.7 Å². The summed E-state index contributed by atoms with van der Waals surface area (Å²) in [5.41, 5.74) is -2.13. The highest BCUT2D eigenvalue weighted by atomic mass is 16.6. The minimum atomic E-state index is -1.06. The number of nitro groups is 2. The lowest BCUT2D eigenvalue weighted by molar-refractivity contribution is -0.567. The number of nitrogens with zero attached hydrogens (tertiary/aromatic N) is 2. The highest BCUT2D eigenvalue weighted by Crippen LogP contribution is 2.30. The van der Waals surface area contributed by atoms with Gasteiger partial charge in [0.25, 0.3) is 0 Å². The molecule has 0 saturated carbocycles. The Hall–Kier alpha value is -1.24. The molecule has 0 aliphatic rings. The molecule has 0 radical (unpaired) electrons. The molecule has 0 fully saturated rings. The molecule has 0 bridgehead atoms. The number of rotatable bonds is 8. The van der Waals surface area contributed by atoms with Crippen molar-refractivity contribution in [3.05, 3.63) is 20.2 Å². The summed E-state index contributed by atoms with van der Waals surface area (Å²) in [4.78, 5) is 21.3. The first-order valence-corrected chi connectivity index (χ1v) is 6.46. The topological polar surface area (TPSA) is 95.5 Å². The molecule has 0 saturated heterocycles. The van der Waals surface area contributed by atoms with E-state index in [-0.39, 0.29) is 9.85 Å². The quantitative estimate of drug-likeness (QED) is 0.501. The molecule has 0 spiro atoms. The van der Waals surface area contributed by atoms with Gasteiger partial charge >= 0.3 is 0 Å². The van der Waals surface area contributed by atoms with Crippen molar-refractivity contribution in [3.8, 4) is 0 Å². The average Bonchev–Trinajstić information content (AvgIpc) is 2.14. The van der Waals surface area contributed by atoms with E-state index in [0.717, 1.165) is 0 Å².